The van der Waals surface area contributed by atoms with Crippen molar-refractivity contribution in [3.05, 3.63) is 35.7 Å². The van der Waals surface area contributed by atoms with E-state index in [2.05, 4.69) is 10.1 Å². The summed E-state index contributed by atoms with van der Waals surface area (Å²) in [5.74, 6) is -1.35. The Hall–Kier alpha value is -1.82. The van der Waals surface area contributed by atoms with Crippen molar-refractivity contribution in [1.29, 1.82) is 0 Å². The van der Waals surface area contributed by atoms with Crippen LogP contribution in [-0.2, 0) is 0 Å². The van der Waals surface area contributed by atoms with E-state index in [0.717, 1.165) is 18.2 Å². The number of rotatable bonds is 3. The number of hydrogen-bond acceptors (Lipinski definition) is 4. The fourth-order valence-electron chi connectivity index (χ4n) is 1.32. The lowest BCUT2D eigenvalue weighted by molar-refractivity contribution is 0.159. The zero-order chi connectivity index (χ0) is 12.4. The Labute approximate surface area is 95.9 Å². The highest BCUT2D eigenvalue weighted by atomic mass is 19.1. The van der Waals surface area contributed by atoms with E-state index in [9.17, 15) is 13.9 Å². The third kappa shape index (κ3) is 2.31. The molecule has 0 spiro atoms. The van der Waals surface area contributed by atoms with Gasteiger partial charge in [-0.1, -0.05) is 12.1 Å². The minimum atomic E-state index is -0.871. The monoisotopic (exact) mass is 240 g/mol. The van der Waals surface area contributed by atoms with Crippen molar-refractivity contribution in [1.82, 2.24) is 10.1 Å². The molecule has 0 radical (unpaired) electrons. The van der Waals surface area contributed by atoms with Gasteiger partial charge in [-0.2, -0.15) is 4.98 Å². The van der Waals surface area contributed by atoms with Gasteiger partial charge in [-0.15, -0.1) is 0 Å². The highest BCUT2D eigenvalue weighted by Crippen LogP contribution is 2.23. The first-order valence-corrected chi connectivity index (χ1v) is 5.09. The molecule has 1 heterocycles. The maximum Gasteiger partial charge on any atom is 0.261 e. The smallest absolute Gasteiger partial charge is 0.261 e. The number of aliphatic hydroxyl groups excluding tert-OH is 1. The average Bonchev–Trinajstić information content (AvgIpc) is 2.80. The molecule has 2 aromatic rings. The van der Waals surface area contributed by atoms with E-state index >= 15 is 0 Å². The summed E-state index contributed by atoms with van der Waals surface area (Å²) in [6.07, 6.45) is -0.464. The minimum absolute atomic E-state index is 0.0613. The summed E-state index contributed by atoms with van der Waals surface area (Å²) in [7, 11) is 0. The lowest BCUT2D eigenvalue weighted by Crippen LogP contribution is -1.97. The first-order chi connectivity index (χ1) is 8.11. The predicted molar refractivity (Wildman–Crippen MR) is 54.9 cm³/mol. The van der Waals surface area contributed by atoms with E-state index < -0.39 is 17.7 Å². The Kier molecular flexibility index (Phi) is 3.14. The van der Waals surface area contributed by atoms with Crippen LogP contribution in [0.2, 0.25) is 0 Å². The lowest BCUT2D eigenvalue weighted by Gasteiger charge is -1.99. The molecule has 1 N–H and O–H groups in total. The van der Waals surface area contributed by atoms with Crippen LogP contribution in [-0.4, -0.2) is 15.2 Å². The van der Waals surface area contributed by atoms with Gasteiger partial charge in [-0.05, 0) is 24.6 Å². The molecule has 1 unspecified atom stereocenters. The van der Waals surface area contributed by atoms with E-state index in [1.165, 1.54) is 0 Å². The van der Waals surface area contributed by atoms with Gasteiger partial charge in [0, 0.05) is 0 Å². The molecule has 90 valence electrons. The largest absolute Gasteiger partial charge is 0.385 e. The number of hydrogen-bond donors (Lipinski definition) is 1. The highest BCUT2D eigenvalue weighted by molar-refractivity contribution is 5.53. The van der Waals surface area contributed by atoms with Crippen molar-refractivity contribution in [3.63, 3.8) is 0 Å². The van der Waals surface area contributed by atoms with Crippen LogP contribution in [0.15, 0.2) is 22.7 Å². The van der Waals surface area contributed by atoms with Gasteiger partial charge in [0.15, 0.2) is 0 Å². The van der Waals surface area contributed by atoms with Crippen molar-refractivity contribution < 1.29 is 18.4 Å². The lowest BCUT2D eigenvalue weighted by atomic mass is 10.2. The normalized spacial score (nSPS) is 12.7. The van der Waals surface area contributed by atoms with Gasteiger partial charge < -0.3 is 9.63 Å². The molecule has 2 rings (SSSR count). The SMILES string of the molecule is CCC(O)c1noc(-c2cc(F)ccc2F)n1. The molecule has 0 amide bonds. The molecule has 1 atom stereocenters. The van der Waals surface area contributed by atoms with Crippen LogP contribution in [0.5, 0.6) is 0 Å². The van der Waals surface area contributed by atoms with Crippen LogP contribution in [0.4, 0.5) is 8.78 Å². The van der Waals surface area contributed by atoms with Gasteiger partial charge in [0.1, 0.15) is 17.7 Å². The van der Waals surface area contributed by atoms with E-state index in [1.807, 2.05) is 0 Å². The van der Waals surface area contributed by atoms with Crippen molar-refractivity contribution in [2.45, 2.75) is 19.4 Å². The zero-order valence-corrected chi connectivity index (χ0v) is 9.02. The maximum absolute atomic E-state index is 13.4. The number of benzene rings is 1. The van der Waals surface area contributed by atoms with Crippen molar-refractivity contribution in [3.8, 4) is 11.5 Å². The molecule has 4 nitrogen and oxygen atoms in total. The molecule has 0 saturated heterocycles. The van der Waals surface area contributed by atoms with Gasteiger partial charge in [0.05, 0.1) is 5.56 Å². The number of nitrogens with zero attached hydrogens (tertiary/aromatic N) is 2. The standard InChI is InChI=1S/C11H10F2N2O2/c1-2-9(16)10-14-11(17-15-10)7-5-6(12)3-4-8(7)13/h3-5,9,16H,2H2,1H3. The van der Waals surface area contributed by atoms with Crippen LogP contribution >= 0.6 is 0 Å². The van der Waals surface area contributed by atoms with E-state index in [-0.39, 0.29) is 17.3 Å². The van der Waals surface area contributed by atoms with E-state index in [0.29, 0.717) is 6.42 Å². The molecule has 0 fully saturated rings. The first kappa shape index (κ1) is 11.7. The van der Waals surface area contributed by atoms with Gasteiger partial charge in [-0.3, -0.25) is 0 Å². The third-order valence-corrected chi connectivity index (χ3v) is 2.29. The second kappa shape index (κ2) is 4.58. The molecule has 0 bridgehead atoms. The molecule has 6 heteroatoms. The molecule has 1 aromatic heterocycles. The highest BCUT2D eigenvalue weighted by Gasteiger charge is 2.17. The van der Waals surface area contributed by atoms with Crippen molar-refractivity contribution in [2.75, 3.05) is 0 Å². The summed E-state index contributed by atoms with van der Waals surface area (Å²) in [6, 6.07) is 2.94. The molecule has 0 aliphatic carbocycles. The van der Waals surface area contributed by atoms with Crippen molar-refractivity contribution >= 4 is 0 Å². The van der Waals surface area contributed by atoms with Crippen LogP contribution in [0, 0.1) is 11.6 Å². The van der Waals surface area contributed by atoms with Crippen LogP contribution in [0.3, 0.4) is 0 Å². The van der Waals surface area contributed by atoms with Gasteiger partial charge >= 0.3 is 0 Å². The predicted octanol–water partition coefficient (Wildman–Crippen LogP) is 2.46. The van der Waals surface area contributed by atoms with Gasteiger partial charge in [-0.25, -0.2) is 8.78 Å². The topological polar surface area (TPSA) is 59.2 Å². The van der Waals surface area contributed by atoms with E-state index in [4.69, 9.17) is 4.52 Å². The van der Waals surface area contributed by atoms with E-state index in [1.54, 1.807) is 6.92 Å². The molecule has 0 aliphatic heterocycles. The summed E-state index contributed by atoms with van der Waals surface area (Å²) in [5, 5.41) is 13.0. The first-order valence-electron chi connectivity index (χ1n) is 5.09. The number of aliphatic hydroxyl groups is 1. The van der Waals surface area contributed by atoms with Crippen LogP contribution in [0.25, 0.3) is 11.5 Å². The number of halogens is 2. The molecule has 17 heavy (non-hydrogen) atoms. The Bertz CT molecular complexity index is 528. The Balaban J connectivity index is 2.40. The zero-order valence-electron chi connectivity index (χ0n) is 9.02. The molecule has 1 aromatic carbocycles. The quantitative estimate of drug-likeness (QED) is 0.895. The molecule has 0 saturated carbocycles. The molecular formula is C11H10F2N2O2. The average molecular weight is 240 g/mol. The maximum atomic E-state index is 13.4. The number of aromatic nitrogens is 2. The Morgan fingerprint density at radius 3 is 2.88 bits per heavy atom. The van der Waals surface area contributed by atoms with Crippen molar-refractivity contribution in [2.24, 2.45) is 0 Å². The Morgan fingerprint density at radius 2 is 2.18 bits per heavy atom. The second-order valence-electron chi connectivity index (χ2n) is 3.51. The summed E-state index contributed by atoms with van der Waals surface area (Å²) >= 11 is 0. The van der Waals surface area contributed by atoms with Crippen LogP contribution < -0.4 is 0 Å². The minimum Gasteiger partial charge on any atom is -0.385 e. The summed E-state index contributed by atoms with van der Waals surface area (Å²) < 4.78 is 31.1. The Morgan fingerprint density at radius 1 is 1.41 bits per heavy atom. The summed E-state index contributed by atoms with van der Waals surface area (Å²) in [4.78, 5) is 3.82. The van der Waals surface area contributed by atoms with Gasteiger partial charge in [0.25, 0.3) is 5.89 Å². The fraction of sp³-hybridized carbons (Fsp3) is 0.273. The van der Waals surface area contributed by atoms with Crippen LogP contribution in [0.1, 0.15) is 25.3 Å². The summed E-state index contributed by atoms with van der Waals surface area (Å²) in [6.45, 7) is 1.74. The van der Waals surface area contributed by atoms with Gasteiger partial charge in [0.2, 0.25) is 5.82 Å². The molecular weight excluding hydrogens is 230 g/mol. The summed E-state index contributed by atoms with van der Waals surface area (Å²) in [5.41, 5.74) is -0.118. The second-order valence-corrected chi connectivity index (χ2v) is 3.51. The fourth-order valence-corrected chi connectivity index (χ4v) is 1.32. The molecule has 0 aliphatic rings. The third-order valence-electron chi connectivity index (χ3n) is 2.29.